The number of aryl methyl sites for hydroxylation is 4. The molecule has 0 saturated heterocycles. The molecule has 1 amide bonds. The third-order valence-electron chi connectivity index (χ3n) is 4.97. The monoisotopic (exact) mass is 397 g/mol. The van der Waals surface area contributed by atoms with E-state index in [1.165, 1.54) is 6.07 Å². The van der Waals surface area contributed by atoms with E-state index in [1.54, 1.807) is 23.6 Å². The molecule has 29 heavy (non-hydrogen) atoms. The topological polar surface area (TPSA) is 77.6 Å². The van der Waals surface area contributed by atoms with Crippen LogP contribution in [0.25, 0.3) is 11.0 Å². The quantitative estimate of drug-likeness (QED) is 0.597. The largest absolute Gasteiger partial charge is 0.480 e. The first kappa shape index (κ1) is 20.6. The number of fused-ring (bicyclic) bond motifs is 1. The van der Waals surface area contributed by atoms with Crippen molar-refractivity contribution in [2.24, 2.45) is 7.05 Å². The van der Waals surface area contributed by atoms with E-state index in [9.17, 15) is 9.59 Å². The Labute approximate surface area is 169 Å². The molecule has 0 aliphatic rings. The van der Waals surface area contributed by atoms with Crippen LogP contribution in [0.5, 0.6) is 5.75 Å². The molecule has 2 heterocycles. The summed E-state index contributed by atoms with van der Waals surface area (Å²) in [7, 11) is 3.61. The van der Waals surface area contributed by atoms with Crippen LogP contribution in [0.15, 0.2) is 33.6 Å². The van der Waals surface area contributed by atoms with Crippen LogP contribution in [0, 0.1) is 13.8 Å². The molecule has 0 fully saturated rings. The predicted molar refractivity (Wildman–Crippen MR) is 111 cm³/mol. The summed E-state index contributed by atoms with van der Waals surface area (Å²) in [5.74, 6) is 0.408. The second kappa shape index (κ2) is 8.11. The number of benzene rings is 1. The maximum absolute atomic E-state index is 12.9. The molecule has 0 saturated carbocycles. The molecule has 0 aliphatic carbocycles. The molecule has 7 heteroatoms. The number of aromatic nitrogens is 2. The second-order valence-electron chi connectivity index (χ2n) is 7.45. The minimum absolute atomic E-state index is 0.140. The summed E-state index contributed by atoms with van der Waals surface area (Å²) in [4.78, 5) is 26.4. The predicted octanol–water partition coefficient (Wildman–Crippen LogP) is 3.13. The number of carbonyl (C=O) groups is 1. The van der Waals surface area contributed by atoms with E-state index in [0.29, 0.717) is 24.3 Å². The smallest absolute Gasteiger partial charge is 0.336 e. The van der Waals surface area contributed by atoms with Gasteiger partial charge in [-0.1, -0.05) is 6.92 Å². The van der Waals surface area contributed by atoms with Crippen LogP contribution in [0.1, 0.15) is 36.2 Å². The standard InChI is InChI=1S/C22H27N3O4/c1-7-16-10-20(26)29-19-9-13(2)8-18(21(16)19)28-15(4)22(27)24(5)11-17-12-25(6)23-14(17)3/h8-10,12,15H,7,11H2,1-6H3. The van der Waals surface area contributed by atoms with Crippen molar-refractivity contribution < 1.29 is 13.9 Å². The van der Waals surface area contributed by atoms with E-state index >= 15 is 0 Å². The first-order valence-electron chi connectivity index (χ1n) is 9.67. The van der Waals surface area contributed by atoms with Gasteiger partial charge in [0.15, 0.2) is 6.10 Å². The summed E-state index contributed by atoms with van der Waals surface area (Å²) in [5, 5.41) is 5.06. The van der Waals surface area contributed by atoms with E-state index in [2.05, 4.69) is 5.10 Å². The fourth-order valence-electron chi connectivity index (χ4n) is 3.53. The minimum Gasteiger partial charge on any atom is -0.480 e. The number of hydrogen-bond acceptors (Lipinski definition) is 5. The SMILES string of the molecule is CCc1cc(=O)oc2cc(C)cc(OC(C)C(=O)N(C)Cc3cn(C)nc3C)c12. The zero-order valence-electron chi connectivity index (χ0n) is 17.8. The summed E-state index contributed by atoms with van der Waals surface area (Å²) in [6.45, 7) is 7.97. The van der Waals surface area contributed by atoms with Crippen LogP contribution >= 0.6 is 0 Å². The van der Waals surface area contributed by atoms with Gasteiger partial charge in [-0.05, 0) is 50.5 Å². The normalized spacial score (nSPS) is 12.2. The highest BCUT2D eigenvalue weighted by atomic mass is 16.5. The van der Waals surface area contributed by atoms with E-state index < -0.39 is 6.10 Å². The third kappa shape index (κ3) is 4.34. The summed E-state index contributed by atoms with van der Waals surface area (Å²) in [5.41, 5.74) is 3.71. The Balaban J connectivity index is 1.87. The second-order valence-corrected chi connectivity index (χ2v) is 7.45. The highest BCUT2D eigenvalue weighted by molar-refractivity contribution is 5.88. The van der Waals surface area contributed by atoms with Crippen molar-refractivity contribution in [2.75, 3.05) is 7.05 Å². The molecule has 2 aromatic heterocycles. The van der Waals surface area contributed by atoms with Gasteiger partial charge in [0.1, 0.15) is 11.3 Å². The lowest BCUT2D eigenvalue weighted by Gasteiger charge is -2.23. The van der Waals surface area contributed by atoms with Gasteiger partial charge in [-0.25, -0.2) is 4.79 Å². The first-order valence-corrected chi connectivity index (χ1v) is 9.67. The van der Waals surface area contributed by atoms with Gasteiger partial charge in [0.05, 0.1) is 11.1 Å². The molecular weight excluding hydrogens is 370 g/mol. The lowest BCUT2D eigenvalue weighted by Crippen LogP contribution is -2.37. The van der Waals surface area contributed by atoms with Gasteiger partial charge < -0.3 is 14.1 Å². The molecule has 0 spiro atoms. The van der Waals surface area contributed by atoms with Crippen LogP contribution in [0.2, 0.25) is 0 Å². The molecule has 3 aromatic rings. The highest BCUT2D eigenvalue weighted by Crippen LogP contribution is 2.31. The number of carbonyl (C=O) groups excluding carboxylic acids is 1. The van der Waals surface area contributed by atoms with Gasteiger partial charge in [-0.15, -0.1) is 0 Å². The van der Waals surface area contributed by atoms with Crippen molar-refractivity contribution in [3.05, 3.63) is 57.2 Å². The molecular formula is C22H27N3O4. The molecule has 3 rings (SSSR count). The van der Waals surface area contributed by atoms with Gasteiger partial charge in [0.25, 0.3) is 5.91 Å². The van der Waals surface area contributed by atoms with Crippen LogP contribution in [-0.4, -0.2) is 33.7 Å². The molecule has 1 aromatic carbocycles. The molecule has 154 valence electrons. The van der Waals surface area contributed by atoms with Crippen LogP contribution < -0.4 is 10.4 Å². The van der Waals surface area contributed by atoms with Gasteiger partial charge in [0.2, 0.25) is 0 Å². The van der Waals surface area contributed by atoms with Gasteiger partial charge >= 0.3 is 5.63 Å². The summed E-state index contributed by atoms with van der Waals surface area (Å²) in [6.07, 6.45) is 1.87. The molecule has 0 bridgehead atoms. The highest BCUT2D eigenvalue weighted by Gasteiger charge is 2.22. The zero-order chi connectivity index (χ0) is 21.3. The Morgan fingerprint density at radius 3 is 2.62 bits per heavy atom. The Morgan fingerprint density at radius 2 is 2.00 bits per heavy atom. The lowest BCUT2D eigenvalue weighted by molar-refractivity contribution is -0.137. The summed E-state index contributed by atoms with van der Waals surface area (Å²) in [6, 6.07) is 5.16. The lowest BCUT2D eigenvalue weighted by atomic mass is 10.0. The van der Waals surface area contributed by atoms with Crippen molar-refractivity contribution >= 4 is 16.9 Å². The van der Waals surface area contributed by atoms with Gasteiger partial charge in [-0.2, -0.15) is 5.10 Å². The molecule has 1 unspecified atom stereocenters. The number of amides is 1. The molecule has 7 nitrogen and oxygen atoms in total. The van der Waals surface area contributed by atoms with Gasteiger partial charge in [-0.3, -0.25) is 9.48 Å². The Bertz CT molecular complexity index is 1110. The van der Waals surface area contributed by atoms with Crippen LogP contribution in [0.3, 0.4) is 0 Å². The number of hydrogen-bond donors (Lipinski definition) is 0. The fraction of sp³-hybridized carbons (Fsp3) is 0.409. The Morgan fingerprint density at radius 1 is 1.28 bits per heavy atom. The molecule has 0 radical (unpaired) electrons. The molecule has 1 atom stereocenters. The van der Waals surface area contributed by atoms with Gasteiger partial charge in [0, 0.05) is 38.5 Å². The van der Waals surface area contributed by atoms with Crippen molar-refractivity contribution in [1.29, 1.82) is 0 Å². The Kier molecular flexibility index (Phi) is 5.77. The summed E-state index contributed by atoms with van der Waals surface area (Å²) >= 11 is 0. The van der Waals surface area contributed by atoms with Crippen molar-refractivity contribution in [2.45, 2.75) is 46.8 Å². The number of nitrogens with zero attached hydrogens (tertiary/aromatic N) is 3. The van der Waals surface area contributed by atoms with Crippen LogP contribution in [0.4, 0.5) is 0 Å². The van der Waals surface area contributed by atoms with Crippen molar-refractivity contribution in [1.82, 2.24) is 14.7 Å². The fourth-order valence-corrected chi connectivity index (χ4v) is 3.53. The molecule has 0 N–H and O–H groups in total. The van der Waals surface area contributed by atoms with Crippen molar-refractivity contribution in [3.8, 4) is 5.75 Å². The average molecular weight is 397 g/mol. The number of rotatable bonds is 6. The van der Waals surface area contributed by atoms with Crippen LogP contribution in [-0.2, 0) is 24.8 Å². The maximum atomic E-state index is 12.9. The summed E-state index contributed by atoms with van der Waals surface area (Å²) < 4.78 is 13.2. The zero-order valence-corrected chi connectivity index (χ0v) is 17.8. The minimum atomic E-state index is -0.696. The molecule has 0 aliphatic heterocycles. The van der Waals surface area contributed by atoms with E-state index in [1.807, 2.05) is 46.1 Å². The van der Waals surface area contributed by atoms with E-state index in [0.717, 1.165) is 27.8 Å². The average Bonchev–Trinajstić information content (AvgIpc) is 2.96. The van der Waals surface area contributed by atoms with E-state index in [-0.39, 0.29) is 11.5 Å². The number of likely N-dealkylation sites (N-methyl/N-ethyl adjacent to an activating group) is 1. The maximum Gasteiger partial charge on any atom is 0.336 e. The van der Waals surface area contributed by atoms with E-state index in [4.69, 9.17) is 9.15 Å². The number of ether oxygens (including phenoxy) is 1. The van der Waals surface area contributed by atoms with Crippen molar-refractivity contribution in [3.63, 3.8) is 0 Å². The third-order valence-corrected chi connectivity index (χ3v) is 4.97. The Hall–Kier alpha value is -3.09. The first-order chi connectivity index (χ1) is 13.7.